The Hall–Kier alpha value is -3.57. The highest BCUT2D eigenvalue weighted by Gasteiger charge is 2.39. The summed E-state index contributed by atoms with van der Waals surface area (Å²) in [6.07, 6.45) is 0. The average molecular weight is 433 g/mol. The Labute approximate surface area is 185 Å². The van der Waals surface area contributed by atoms with Crippen LogP contribution in [0, 0.1) is 0 Å². The Kier molecular flexibility index (Phi) is 6.05. The van der Waals surface area contributed by atoms with E-state index in [0.717, 1.165) is 0 Å². The number of hydrogen-bond acceptors (Lipinski definition) is 4. The van der Waals surface area contributed by atoms with E-state index in [9.17, 15) is 9.59 Å². The van der Waals surface area contributed by atoms with Crippen LogP contribution >= 0.6 is 11.6 Å². The third kappa shape index (κ3) is 4.32. The van der Waals surface area contributed by atoms with E-state index in [1.165, 1.54) is 4.90 Å². The lowest BCUT2D eigenvalue weighted by Crippen LogP contribution is -2.32. The van der Waals surface area contributed by atoms with Crippen molar-refractivity contribution in [2.75, 3.05) is 11.9 Å². The van der Waals surface area contributed by atoms with Gasteiger partial charge in [-0.3, -0.25) is 14.5 Å². The number of carbonyl (C=O) groups is 2. The molecule has 0 saturated carbocycles. The first-order valence-electron chi connectivity index (χ1n) is 9.97. The Bertz CT molecular complexity index is 1160. The maximum atomic E-state index is 13.3. The molecule has 0 bridgehead atoms. The van der Waals surface area contributed by atoms with Crippen molar-refractivity contribution in [3.63, 3.8) is 0 Å². The number of nitrogens with one attached hydrogen (secondary N) is 1. The van der Waals surface area contributed by atoms with Crippen molar-refractivity contribution in [3.05, 3.63) is 101 Å². The first kappa shape index (κ1) is 20.7. The minimum absolute atomic E-state index is 0.0951. The smallest absolute Gasteiger partial charge is 0.278 e. The molecule has 5 nitrogen and oxygen atoms in total. The third-order valence-electron chi connectivity index (χ3n) is 4.93. The molecule has 0 unspecified atom stereocenters. The molecule has 2 amide bonds. The van der Waals surface area contributed by atoms with Crippen LogP contribution in [0.2, 0.25) is 5.02 Å². The normalized spacial score (nSPS) is 13.7. The summed E-state index contributed by atoms with van der Waals surface area (Å²) in [5.74, 6) is -0.0794. The van der Waals surface area contributed by atoms with Gasteiger partial charge in [-0.1, -0.05) is 66.2 Å². The summed E-state index contributed by atoms with van der Waals surface area (Å²) in [4.78, 5) is 27.9. The molecule has 3 aromatic rings. The van der Waals surface area contributed by atoms with Crippen LogP contribution < -0.4 is 10.1 Å². The van der Waals surface area contributed by atoms with Gasteiger partial charge in [0, 0.05) is 16.8 Å². The summed E-state index contributed by atoms with van der Waals surface area (Å²) >= 11 is 6.27. The van der Waals surface area contributed by atoms with E-state index in [2.05, 4.69) is 5.32 Å². The molecule has 3 aromatic carbocycles. The number of amides is 2. The van der Waals surface area contributed by atoms with Gasteiger partial charge in [0.15, 0.2) is 0 Å². The molecule has 31 heavy (non-hydrogen) atoms. The van der Waals surface area contributed by atoms with Crippen molar-refractivity contribution in [1.82, 2.24) is 4.90 Å². The second-order valence-electron chi connectivity index (χ2n) is 6.99. The van der Waals surface area contributed by atoms with Crippen LogP contribution in [0.1, 0.15) is 18.1 Å². The first-order chi connectivity index (χ1) is 15.1. The quantitative estimate of drug-likeness (QED) is 0.526. The van der Waals surface area contributed by atoms with Crippen LogP contribution in [0.15, 0.2) is 84.6 Å². The zero-order valence-electron chi connectivity index (χ0n) is 17.0. The minimum atomic E-state index is -0.398. The summed E-state index contributed by atoms with van der Waals surface area (Å²) in [6, 6.07) is 23.7. The summed E-state index contributed by atoms with van der Waals surface area (Å²) in [6.45, 7) is 2.53. The molecule has 0 radical (unpaired) electrons. The van der Waals surface area contributed by atoms with Crippen molar-refractivity contribution in [2.45, 2.75) is 13.5 Å². The monoisotopic (exact) mass is 432 g/mol. The first-order valence-corrected chi connectivity index (χ1v) is 10.4. The maximum absolute atomic E-state index is 13.3. The van der Waals surface area contributed by atoms with Crippen molar-refractivity contribution < 1.29 is 14.3 Å². The van der Waals surface area contributed by atoms with Crippen molar-refractivity contribution in [2.24, 2.45) is 0 Å². The molecule has 4 rings (SSSR count). The van der Waals surface area contributed by atoms with Crippen molar-refractivity contribution >= 4 is 34.7 Å². The largest absolute Gasteiger partial charge is 0.494 e. The van der Waals surface area contributed by atoms with Gasteiger partial charge >= 0.3 is 0 Å². The van der Waals surface area contributed by atoms with E-state index in [0.29, 0.717) is 39.8 Å². The Balaban J connectivity index is 1.72. The van der Waals surface area contributed by atoms with Gasteiger partial charge in [0.05, 0.1) is 18.7 Å². The third-order valence-corrected chi connectivity index (χ3v) is 5.30. The molecular formula is C25H21ClN2O3. The maximum Gasteiger partial charge on any atom is 0.278 e. The SMILES string of the molecule is CCOc1cccc(NC2=C(c3ccccc3)C(=O)N(Cc3ccccc3Cl)C2=O)c1. The van der Waals surface area contributed by atoms with E-state index < -0.39 is 5.91 Å². The van der Waals surface area contributed by atoms with Gasteiger partial charge in [-0.15, -0.1) is 0 Å². The van der Waals surface area contributed by atoms with Gasteiger partial charge in [0.2, 0.25) is 0 Å². The van der Waals surface area contributed by atoms with Crippen LogP contribution in [0.5, 0.6) is 5.75 Å². The van der Waals surface area contributed by atoms with Crippen LogP contribution in [-0.4, -0.2) is 23.3 Å². The lowest BCUT2D eigenvalue weighted by Gasteiger charge is -2.16. The number of halogens is 1. The highest BCUT2D eigenvalue weighted by Crippen LogP contribution is 2.32. The number of carbonyl (C=O) groups excluding carboxylic acids is 2. The molecule has 1 aliphatic rings. The van der Waals surface area contributed by atoms with E-state index in [1.807, 2.05) is 73.7 Å². The topological polar surface area (TPSA) is 58.6 Å². The molecule has 1 aliphatic heterocycles. The highest BCUT2D eigenvalue weighted by atomic mass is 35.5. The van der Waals surface area contributed by atoms with Crippen LogP contribution in [0.3, 0.4) is 0 Å². The number of nitrogens with zero attached hydrogens (tertiary/aromatic N) is 1. The standard InChI is InChI=1S/C25H21ClN2O3/c1-2-31-20-13-8-12-19(15-20)27-23-22(17-9-4-3-5-10-17)24(29)28(25(23)30)16-18-11-6-7-14-21(18)26/h3-15,27H,2,16H2,1H3. The minimum Gasteiger partial charge on any atom is -0.494 e. The molecule has 0 fully saturated rings. The number of hydrogen-bond donors (Lipinski definition) is 1. The highest BCUT2D eigenvalue weighted by molar-refractivity contribution is 6.36. The Morgan fingerprint density at radius 3 is 2.39 bits per heavy atom. The molecule has 156 valence electrons. The zero-order chi connectivity index (χ0) is 21.8. The number of ether oxygens (including phenoxy) is 1. The summed E-state index contributed by atoms with van der Waals surface area (Å²) in [5.41, 5.74) is 2.61. The van der Waals surface area contributed by atoms with Gasteiger partial charge < -0.3 is 10.1 Å². The summed E-state index contributed by atoms with van der Waals surface area (Å²) in [5, 5.41) is 3.66. The molecule has 0 saturated heterocycles. The average Bonchev–Trinajstić information content (AvgIpc) is 3.00. The lowest BCUT2D eigenvalue weighted by molar-refractivity contribution is -0.137. The van der Waals surface area contributed by atoms with E-state index >= 15 is 0 Å². The fourth-order valence-corrected chi connectivity index (χ4v) is 3.68. The summed E-state index contributed by atoms with van der Waals surface area (Å²) < 4.78 is 5.55. The molecular weight excluding hydrogens is 412 g/mol. The van der Waals surface area contributed by atoms with Gasteiger partial charge in [0.1, 0.15) is 11.4 Å². The van der Waals surface area contributed by atoms with Gasteiger partial charge in [-0.2, -0.15) is 0 Å². The van der Waals surface area contributed by atoms with Crippen LogP contribution in [0.4, 0.5) is 5.69 Å². The van der Waals surface area contributed by atoms with Crippen molar-refractivity contribution in [3.8, 4) is 5.75 Å². The second-order valence-corrected chi connectivity index (χ2v) is 7.40. The van der Waals surface area contributed by atoms with Gasteiger partial charge in [0.25, 0.3) is 11.8 Å². The van der Waals surface area contributed by atoms with Crippen LogP contribution in [0.25, 0.3) is 5.57 Å². The van der Waals surface area contributed by atoms with E-state index in [1.54, 1.807) is 12.1 Å². The Morgan fingerprint density at radius 1 is 0.903 bits per heavy atom. The number of anilines is 1. The molecule has 0 aromatic heterocycles. The molecule has 6 heteroatoms. The van der Waals surface area contributed by atoms with Gasteiger partial charge in [-0.05, 0) is 36.2 Å². The number of imide groups is 1. The fourth-order valence-electron chi connectivity index (χ4n) is 3.48. The molecule has 0 aliphatic carbocycles. The number of rotatable bonds is 7. The molecule has 0 spiro atoms. The molecule has 1 N–H and O–H groups in total. The van der Waals surface area contributed by atoms with E-state index in [4.69, 9.17) is 16.3 Å². The molecule has 1 heterocycles. The second kappa shape index (κ2) is 9.06. The number of benzene rings is 3. The predicted molar refractivity (Wildman–Crippen MR) is 122 cm³/mol. The van der Waals surface area contributed by atoms with E-state index in [-0.39, 0.29) is 18.1 Å². The van der Waals surface area contributed by atoms with Crippen molar-refractivity contribution in [1.29, 1.82) is 0 Å². The molecule has 0 atom stereocenters. The Morgan fingerprint density at radius 2 is 1.65 bits per heavy atom. The van der Waals surface area contributed by atoms with Gasteiger partial charge in [-0.25, -0.2) is 0 Å². The fraction of sp³-hybridized carbons (Fsp3) is 0.120. The predicted octanol–water partition coefficient (Wildman–Crippen LogP) is 5.13. The lowest BCUT2D eigenvalue weighted by atomic mass is 10.0. The zero-order valence-corrected chi connectivity index (χ0v) is 17.7. The summed E-state index contributed by atoms with van der Waals surface area (Å²) in [7, 11) is 0. The van der Waals surface area contributed by atoms with Crippen LogP contribution in [-0.2, 0) is 16.1 Å².